The van der Waals surface area contributed by atoms with E-state index in [0.29, 0.717) is 40.7 Å². The van der Waals surface area contributed by atoms with E-state index in [4.69, 9.17) is 0 Å². The molecule has 0 bridgehead atoms. The van der Waals surface area contributed by atoms with Gasteiger partial charge in [0.15, 0.2) is 5.78 Å². The van der Waals surface area contributed by atoms with Crippen LogP contribution in [0, 0.1) is 34.5 Å². The maximum atomic E-state index is 12.4. The zero-order chi connectivity index (χ0) is 15.7. The second-order valence-electron chi connectivity index (χ2n) is 8.52. The topological polar surface area (TPSA) is 34.1 Å². The minimum atomic E-state index is -0.0642. The molecule has 0 radical (unpaired) electrons. The first kappa shape index (κ1) is 15.1. The second kappa shape index (κ2) is 4.78. The molecular formula is C19H25BrO2. The average molecular weight is 365 g/mol. The van der Waals surface area contributed by atoms with Gasteiger partial charge in [0.2, 0.25) is 0 Å². The van der Waals surface area contributed by atoms with Crippen molar-refractivity contribution in [3.8, 4) is 0 Å². The van der Waals surface area contributed by atoms with Gasteiger partial charge in [0.25, 0.3) is 0 Å². The molecule has 0 aromatic rings. The van der Waals surface area contributed by atoms with Crippen molar-refractivity contribution >= 4 is 27.5 Å². The Labute approximate surface area is 141 Å². The van der Waals surface area contributed by atoms with Gasteiger partial charge in [0.1, 0.15) is 5.78 Å². The SMILES string of the molecule is C[C@]12C=CC(=O)CC1C(Br)C[C@@H]1[C@@H]2CC[C@]2(C)C(=O)CC[C@@H]12. The summed E-state index contributed by atoms with van der Waals surface area (Å²) in [4.78, 5) is 24.7. The summed E-state index contributed by atoms with van der Waals surface area (Å²) in [6, 6.07) is 0. The molecule has 0 N–H and O–H groups in total. The molecule has 0 spiro atoms. The number of fused-ring (bicyclic) bond motifs is 5. The predicted octanol–water partition coefficient (Wildman–Crippen LogP) is 4.32. The summed E-state index contributed by atoms with van der Waals surface area (Å²) in [5.74, 6) is 3.04. The third-order valence-electron chi connectivity index (χ3n) is 7.73. The zero-order valence-electron chi connectivity index (χ0n) is 13.5. The van der Waals surface area contributed by atoms with Crippen LogP contribution < -0.4 is 0 Å². The molecule has 0 heterocycles. The summed E-state index contributed by atoms with van der Waals surface area (Å²) in [5, 5.41) is 0. The number of alkyl halides is 1. The first-order chi connectivity index (χ1) is 10.4. The van der Waals surface area contributed by atoms with Crippen molar-refractivity contribution in [2.45, 2.75) is 57.2 Å². The molecule has 2 unspecified atom stereocenters. The Balaban J connectivity index is 1.73. The van der Waals surface area contributed by atoms with E-state index in [9.17, 15) is 9.59 Å². The molecule has 0 amide bonds. The Bertz CT molecular complexity index is 568. The Kier molecular flexibility index (Phi) is 3.28. The van der Waals surface area contributed by atoms with Crippen molar-refractivity contribution in [2.75, 3.05) is 0 Å². The second-order valence-corrected chi connectivity index (χ2v) is 9.70. The number of halogens is 1. The van der Waals surface area contributed by atoms with E-state index in [0.717, 1.165) is 32.1 Å². The summed E-state index contributed by atoms with van der Waals surface area (Å²) in [7, 11) is 0. The minimum Gasteiger partial charge on any atom is -0.299 e. The number of Topliss-reactive ketones (excluding diaryl/α,β-unsaturated/α-hetero) is 1. The van der Waals surface area contributed by atoms with Gasteiger partial charge < -0.3 is 0 Å². The van der Waals surface area contributed by atoms with Crippen LogP contribution >= 0.6 is 15.9 Å². The van der Waals surface area contributed by atoms with Crippen molar-refractivity contribution in [1.29, 1.82) is 0 Å². The minimum absolute atomic E-state index is 0.0642. The first-order valence-corrected chi connectivity index (χ1v) is 9.67. The van der Waals surface area contributed by atoms with Crippen LogP contribution in [0.25, 0.3) is 0 Å². The molecule has 4 rings (SSSR count). The van der Waals surface area contributed by atoms with Crippen LogP contribution in [0.3, 0.4) is 0 Å². The smallest absolute Gasteiger partial charge is 0.155 e. The van der Waals surface area contributed by atoms with E-state index in [2.05, 4.69) is 35.9 Å². The van der Waals surface area contributed by atoms with Gasteiger partial charge in [-0.1, -0.05) is 35.9 Å². The van der Waals surface area contributed by atoms with Crippen LogP contribution in [-0.4, -0.2) is 16.4 Å². The van der Waals surface area contributed by atoms with Gasteiger partial charge in [-0.3, -0.25) is 9.59 Å². The van der Waals surface area contributed by atoms with Crippen LogP contribution in [0.15, 0.2) is 12.2 Å². The maximum absolute atomic E-state index is 12.4. The molecule has 0 aromatic carbocycles. The molecule has 3 fully saturated rings. The number of carbonyl (C=O) groups is 2. The van der Waals surface area contributed by atoms with E-state index in [1.807, 2.05) is 6.08 Å². The highest BCUT2D eigenvalue weighted by Crippen LogP contribution is 2.65. The van der Waals surface area contributed by atoms with E-state index in [1.165, 1.54) is 0 Å². The largest absolute Gasteiger partial charge is 0.299 e. The van der Waals surface area contributed by atoms with Gasteiger partial charge in [-0.25, -0.2) is 0 Å². The van der Waals surface area contributed by atoms with Crippen LogP contribution in [0.2, 0.25) is 0 Å². The van der Waals surface area contributed by atoms with Gasteiger partial charge in [0.05, 0.1) is 0 Å². The summed E-state index contributed by atoms with van der Waals surface area (Å²) in [6.07, 6.45) is 9.93. The fraction of sp³-hybridized carbons (Fsp3) is 0.789. The Hall–Kier alpha value is -0.440. The van der Waals surface area contributed by atoms with Crippen LogP contribution in [0.5, 0.6) is 0 Å². The van der Waals surface area contributed by atoms with E-state index < -0.39 is 0 Å². The Morgan fingerprint density at radius 3 is 2.68 bits per heavy atom. The normalized spacial score (nSPS) is 53.9. The molecule has 3 heteroatoms. The van der Waals surface area contributed by atoms with Gasteiger partial charge in [-0.05, 0) is 60.8 Å². The third-order valence-corrected chi connectivity index (χ3v) is 8.74. The third kappa shape index (κ3) is 1.84. The molecule has 0 aliphatic heterocycles. The van der Waals surface area contributed by atoms with Crippen molar-refractivity contribution < 1.29 is 9.59 Å². The predicted molar refractivity (Wildman–Crippen MR) is 89.7 cm³/mol. The van der Waals surface area contributed by atoms with Gasteiger partial charge in [-0.15, -0.1) is 0 Å². The van der Waals surface area contributed by atoms with Gasteiger partial charge in [-0.2, -0.15) is 0 Å². The van der Waals surface area contributed by atoms with Crippen molar-refractivity contribution in [2.24, 2.45) is 34.5 Å². The Morgan fingerprint density at radius 1 is 1.14 bits per heavy atom. The summed E-state index contributed by atoms with van der Waals surface area (Å²) in [6.45, 7) is 4.59. The molecule has 0 aromatic heterocycles. The van der Waals surface area contributed by atoms with Crippen LogP contribution in [0.1, 0.15) is 52.4 Å². The fourth-order valence-electron chi connectivity index (χ4n) is 6.40. The maximum Gasteiger partial charge on any atom is 0.155 e. The summed E-state index contributed by atoms with van der Waals surface area (Å²) in [5.41, 5.74) is 0.0588. The lowest BCUT2D eigenvalue weighted by Gasteiger charge is -2.59. The highest BCUT2D eigenvalue weighted by Gasteiger charge is 2.61. The van der Waals surface area contributed by atoms with E-state index >= 15 is 0 Å². The number of rotatable bonds is 0. The molecular weight excluding hydrogens is 340 g/mol. The number of hydrogen-bond donors (Lipinski definition) is 0. The molecule has 0 saturated heterocycles. The standard InChI is InChI=1S/C19H25BrO2/c1-18-7-5-11(21)9-15(18)16(20)10-12-13-3-4-17(22)19(13,2)8-6-14(12)18/h5,7,12-16H,3-4,6,8-10H2,1-2H3/t12-,13-,14-,15?,16?,18+,19-/m0/s1. The van der Waals surface area contributed by atoms with Crippen molar-refractivity contribution in [3.63, 3.8) is 0 Å². The fourth-order valence-corrected chi connectivity index (χ4v) is 7.59. The molecule has 120 valence electrons. The van der Waals surface area contributed by atoms with E-state index in [-0.39, 0.29) is 16.6 Å². The lowest BCUT2D eigenvalue weighted by Crippen LogP contribution is -2.55. The summed E-state index contributed by atoms with van der Waals surface area (Å²) < 4.78 is 0. The summed E-state index contributed by atoms with van der Waals surface area (Å²) >= 11 is 3.91. The number of carbonyl (C=O) groups excluding carboxylic acids is 2. The number of ketones is 2. The molecule has 7 atom stereocenters. The quantitative estimate of drug-likeness (QED) is 0.600. The van der Waals surface area contributed by atoms with Gasteiger partial charge in [0, 0.05) is 23.1 Å². The highest BCUT2D eigenvalue weighted by molar-refractivity contribution is 9.09. The monoisotopic (exact) mass is 364 g/mol. The molecule has 3 saturated carbocycles. The van der Waals surface area contributed by atoms with Crippen molar-refractivity contribution in [1.82, 2.24) is 0 Å². The van der Waals surface area contributed by atoms with Gasteiger partial charge >= 0.3 is 0 Å². The van der Waals surface area contributed by atoms with E-state index in [1.54, 1.807) is 0 Å². The number of hydrogen-bond acceptors (Lipinski definition) is 2. The lowest BCUT2D eigenvalue weighted by atomic mass is 9.46. The molecule has 4 aliphatic carbocycles. The molecule has 2 nitrogen and oxygen atoms in total. The zero-order valence-corrected chi connectivity index (χ0v) is 15.1. The number of allylic oxidation sites excluding steroid dienone is 2. The van der Waals surface area contributed by atoms with Crippen molar-refractivity contribution in [3.05, 3.63) is 12.2 Å². The molecule has 4 aliphatic rings. The average Bonchev–Trinajstić information content (AvgIpc) is 2.77. The first-order valence-electron chi connectivity index (χ1n) is 8.76. The van der Waals surface area contributed by atoms with Crippen LogP contribution in [0.4, 0.5) is 0 Å². The molecule has 22 heavy (non-hydrogen) atoms. The lowest BCUT2D eigenvalue weighted by molar-refractivity contribution is -0.134. The Morgan fingerprint density at radius 2 is 1.91 bits per heavy atom. The van der Waals surface area contributed by atoms with Crippen LogP contribution in [-0.2, 0) is 9.59 Å². The highest BCUT2D eigenvalue weighted by atomic mass is 79.9.